The van der Waals surface area contributed by atoms with Crippen LogP contribution in [0.15, 0.2) is 25.3 Å². The molecule has 1 amide bonds. The summed E-state index contributed by atoms with van der Waals surface area (Å²) in [5.74, 6) is 0.112. The highest BCUT2D eigenvalue weighted by Gasteiger charge is 2.64. The smallest absolute Gasteiger partial charge is 0.310 e. The zero-order valence-electron chi connectivity index (χ0n) is 11.0. The molecule has 2 aliphatic carbocycles. The minimum absolute atomic E-state index is 0.0644. The van der Waals surface area contributed by atoms with Gasteiger partial charge in [-0.3, -0.25) is 9.59 Å². The molecule has 0 aromatic carbocycles. The number of ether oxygens (including phenoxy) is 1. The SMILES string of the molecule is C=CCN(CC=C)C(=O)[C@H]1[C@@H]2C[C@@H]3[C@@H]1C(=O)O[C@@H]3C2. The Kier molecular flexibility index (Phi) is 2.96. The molecule has 5 atom stereocenters. The lowest BCUT2D eigenvalue weighted by Gasteiger charge is -2.29. The molecule has 0 aromatic heterocycles. The van der Waals surface area contributed by atoms with Crippen LogP contribution in [0.1, 0.15) is 12.8 Å². The van der Waals surface area contributed by atoms with Crippen LogP contribution in [0.4, 0.5) is 0 Å². The Hall–Kier alpha value is -1.58. The molecule has 2 bridgehead atoms. The Morgan fingerprint density at radius 3 is 2.63 bits per heavy atom. The molecular formula is C15H19NO3. The Labute approximate surface area is 113 Å². The fourth-order valence-corrected chi connectivity index (χ4v) is 4.12. The summed E-state index contributed by atoms with van der Waals surface area (Å²) in [7, 11) is 0. The van der Waals surface area contributed by atoms with Crippen LogP contribution < -0.4 is 0 Å². The first-order valence-electron chi connectivity index (χ1n) is 6.88. The van der Waals surface area contributed by atoms with Crippen molar-refractivity contribution in [3.63, 3.8) is 0 Å². The number of carbonyl (C=O) groups excluding carboxylic acids is 2. The van der Waals surface area contributed by atoms with Crippen molar-refractivity contribution in [3.05, 3.63) is 25.3 Å². The van der Waals surface area contributed by atoms with E-state index in [0.29, 0.717) is 19.0 Å². The van der Waals surface area contributed by atoms with Crippen LogP contribution in [-0.4, -0.2) is 36.0 Å². The average Bonchev–Trinajstić information content (AvgIpc) is 2.98. The molecule has 1 saturated heterocycles. The fourth-order valence-electron chi connectivity index (χ4n) is 4.12. The monoisotopic (exact) mass is 261 g/mol. The lowest BCUT2D eigenvalue weighted by Crippen LogP contribution is -2.42. The quantitative estimate of drug-likeness (QED) is 0.555. The summed E-state index contributed by atoms with van der Waals surface area (Å²) in [6, 6.07) is 0. The predicted octanol–water partition coefficient (Wildman–Crippen LogP) is 1.38. The molecule has 4 heteroatoms. The summed E-state index contributed by atoms with van der Waals surface area (Å²) in [6.07, 6.45) is 5.33. The number of carbonyl (C=O) groups is 2. The van der Waals surface area contributed by atoms with Gasteiger partial charge in [0.25, 0.3) is 0 Å². The maximum atomic E-state index is 12.7. The number of hydrogen-bond acceptors (Lipinski definition) is 3. The largest absolute Gasteiger partial charge is 0.462 e. The van der Waals surface area contributed by atoms with E-state index < -0.39 is 0 Å². The molecule has 3 rings (SSSR count). The van der Waals surface area contributed by atoms with Gasteiger partial charge in [-0.15, -0.1) is 13.2 Å². The molecule has 1 aliphatic heterocycles. The first-order valence-corrected chi connectivity index (χ1v) is 6.88. The van der Waals surface area contributed by atoms with E-state index in [1.165, 1.54) is 0 Å². The number of nitrogens with zero attached hydrogens (tertiary/aromatic N) is 1. The van der Waals surface area contributed by atoms with Crippen molar-refractivity contribution in [2.75, 3.05) is 13.1 Å². The Morgan fingerprint density at radius 1 is 1.32 bits per heavy atom. The van der Waals surface area contributed by atoms with Gasteiger partial charge in [-0.25, -0.2) is 0 Å². The van der Waals surface area contributed by atoms with E-state index in [1.54, 1.807) is 17.1 Å². The molecule has 3 fully saturated rings. The summed E-state index contributed by atoms with van der Waals surface area (Å²) < 4.78 is 5.37. The van der Waals surface area contributed by atoms with Gasteiger partial charge in [0.2, 0.25) is 5.91 Å². The van der Waals surface area contributed by atoms with E-state index in [9.17, 15) is 9.59 Å². The molecule has 0 unspecified atom stereocenters. The van der Waals surface area contributed by atoms with E-state index in [-0.39, 0.29) is 35.7 Å². The fraction of sp³-hybridized carbons (Fsp3) is 0.600. The van der Waals surface area contributed by atoms with Crippen molar-refractivity contribution < 1.29 is 14.3 Å². The van der Waals surface area contributed by atoms with Crippen LogP contribution in [0.2, 0.25) is 0 Å². The minimum atomic E-state index is -0.201. The van der Waals surface area contributed by atoms with Crippen LogP contribution in [0, 0.1) is 23.7 Å². The molecule has 1 heterocycles. The first kappa shape index (κ1) is 12.5. The van der Waals surface area contributed by atoms with Gasteiger partial charge in [0.05, 0.1) is 11.8 Å². The van der Waals surface area contributed by atoms with E-state index in [0.717, 1.165) is 12.8 Å². The maximum absolute atomic E-state index is 12.7. The number of fused-ring (bicyclic) bond motifs is 1. The number of hydrogen-bond donors (Lipinski definition) is 0. The van der Waals surface area contributed by atoms with Crippen LogP contribution in [-0.2, 0) is 14.3 Å². The molecular weight excluding hydrogens is 242 g/mol. The van der Waals surface area contributed by atoms with Gasteiger partial charge in [0.1, 0.15) is 6.10 Å². The van der Waals surface area contributed by atoms with Gasteiger partial charge < -0.3 is 9.64 Å². The summed E-state index contributed by atoms with van der Waals surface area (Å²) in [5, 5.41) is 0. The second kappa shape index (κ2) is 4.51. The third-order valence-corrected chi connectivity index (χ3v) is 4.78. The van der Waals surface area contributed by atoms with Gasteiger partial charge in [0, 0.05) is 19.0 Å². The third-order valence-electron chi connectivity index (χ3n) is 4.78. The third kappa shape index (κ3) is 1.73. The molecule has 3 aliphatic rings. The van der Waals surface area contributed by atoms with Crippen LogP contribution in [0.5, 0.6) is 0 Å². The van der Waals surface area contributed by atoms with Crippen molar-refractivity contribution in [2.45, 2.75) is 18.9 Å². The van der Waals surface area contributed by atoms with Gasteiger partial charge in [-0.1, -0.05) is 12.2 Å². The summed E-state index contributed by atoms with van der Waals surface area (Å²) >= 11 is 0. The van der Waals surface area contributed by atoms with E-state index in [4.69, 9.17) is 4.74 Å². The number of rotatable bonds is 5. The molecule has 0 radical (unpaired) electrons. The minimum Gasteiger partial charge on any atom is -0.462 e. The molecule has 2 saturated carbocycles. The highest BCUT2D eigenvalue weighted by atomic mass is 16.6. The van der Waals surface area contributed by atoms with Crippen LogP contribution in [0.3, 0.4) is 0 Å². The molecule has 19 heavy (non-hydrogen) atoms. The van der Waals surface area contributed by atoms with E-state index in [1.807, 2.05) is 0 Å². The highest BCUT2D eigenvalue weighted by molar-refractivity contribution is 5.88. The number of esters is 1. The molecule has 0 spiro atoms. The zero-order valence-corrected chi connectivity index (χ0v) is 11.0. The standard InChI is InChI=1S/C15H19NO3/c1-3-5-16(6-4-2)14(17)12-9-7-10-11(8-9)19-15(18)13(10)12/h3-4,9-13H,1-2,5-8H2/t9-,10+,11-,12+,13+/m1/s1. The molecule has 4 nitrogen and oxygen atoms in total. The van der Waals surface area contributed by atoms with Crippen LogP contribution in [0.25, 0.3) is 0 Å². The predicted molar refractivity (Wildman–Crippen MR) is 70.0 cm³/mol. The van der Waals surface area contributed by atoms with Crippen molar-refractivity contribution in [2.24, 2.45) is 23.7 Å². The van der Waals surface area contributed by atoms with Gasteiger partial charge in [0.15, 0.2) is 0 Å². The molecule has 102 valence electrons. The van der Waals surface area contributed by atoms with Crippen LogP contribution >= 0.6 is 0 Å². The van der Waals surface area contributed by atoms with Crippen molar-refractivity contribution >= 4 is 11.9 Å². The summed E-state index contributed by atoms with van der Waals surface area (Å²) in [5.41, 5.74) is 0. The second-order valence-electron chi connectivity index (χ2n) is 5.74. The Morgan fingerprint density at radius 2 is 2.00 bits per heavy atom. The zero-order chi connectivity index (χ0) is 13.6. The normalized spacial score (nSPS) is 38.1. The maximum Gasteiger partial charge on any atom is 0.310 e. The van der Waals surface area contributed by atoms with E-state index >= 15 is 0 Å². The molecule has 0 N–H and O–H groups in total. The van der Waals surface area contributed by atoms with Crippen molar-refractivity contribution in [3.8, 4) is 0 Å². The average molecular weight is 261 g/mol. The Balaban J connectivity index is 1.81. The molecule has 0 aromatic rings. The number of amides is 1. The van der Waals surface area contributed by atoms with Gasteiger partial charge in [-0.2, -0.15) is 0 Å². The Bertz CT molecular complexity index is 433. The van der Waals surface area contributed by atoms with Crippen molar-refractivity contribution in [1.29, 1.82) is 0 Å². The first-order chi connectivity index (χ1) is 9.17. The van der Waals surface area contributed by atoms with E-state index in [2.05, 4.69) is 13.2 Å². The van der Waals surface area contributed by atoms with Gasteiger partial charge in [-0.05, 0) is 18.8 Å². The van der Waals surface area contributed by atoms with Crippen molar-refractivity contribution in [1.82, 2.24) is 4.90 Å². The highest BCUT2D eigenvalue weighted by Crippen LogP contribution is 2.58. The summed E-state index contributed by atoms with van der Waals surface area (Å²) in [4.78, 5) is 26.3. The second-order valence-corrected chi connectivity index (χ2v) is 5.74. The van der Waals surface area contributed by atoms with Gasteiger partial charge >= 0.3 is 5.97 Å². The topological polar surface area (TPSA) is 46.6 Å². The summed E-state index contributed by atoms with van der Waals surface area (Å²) in [6.45, 7) is 8.37. The lowest BCUT2D eigenvalue weighted by molar-refractivity contribution is -0.148. The lowest BCUT2D eigenvalue weighted by atomic mass is 9.79.